The molecule has 1 aliphatic heterocycles. The van der Waals surface area contributed by atoms with Crippen LogP contribution in [0, 0.1) is 5.41 Å². The molecule has 0 aliphatic carbocycles. The number of likely N-dealkylation sites (tertiary alicyclic amines) is 1. The SMILES string of the molecule is C[C@@]1(C(=O)O)CCCN(C(=O)c2cnc(N)s2)C1. The van der Waals surface area contributed by atoms with Gasteiger partial charge in [-0.15, -0.1) is 0 Å². The van der Waals surface area contributed by atoms with Gasteiger partial charge in [0.15, 0.2) is 5.13 Å². The Morgan fingerprint density at radius 2 is 2.33 bits per heavy atom. The molecule has 1 aromatic heterocycles. The summed E-state index contributed by atoms with van der Waals surface area (Å²) >= 11 is 1.13. The molecule has 1 atom stereocenters. The summed E-state index contributed by atoms with van der Waals surface area (Å²) in [5.74, 6) is -1.04. The van der Waals surface area contributed by atoms with E-state index in [2.05, 4.69) is 4.98 Å². The highest BCUT2D eigenvalue weighted by molar-refractivity contribution is 7.17. The van der Waals surface area contributed by atoms with Gasteiger partial charge in [0.05, 0.1) is 11.6 Å². The van der Waals surface area contributed by atoms with Crippen LogP contribution in [0.3, 0.4) is 0 Å². The third-order valence-electron chi connectivity index (χ3n) is 3.23. The van der Waals surface area contributed by atoms with E-state index in [1.54, 1.807) is 11.8 Å². The minimum atomic E-state index is -0.858. The maximum atomic E-state index is 12.2. The van der Waals surface area contributed by atoms with Crippen molar-refractivity contribution in [3.8, 4) is 0 Å². The average Bonchev–Trinajstić information content (AvgIpc) is 2.75. The average molecular weight is 269 g/mol. The summed E-state index contributed by atoms with van der Waals surface area (Å²) in [6.45, 7) is 2.49. The number of nitrogen functional groups attached to an aromatic ring is 1. The van der Waals surface area contributed by atoms with Crippen LogP contribution in [0.2, 0.25) is 0 Å². The molecule has 2 rings (SSSR count). The van der Waals surface area contributed by atoms with Gasteiger partial charge in [-0.2, -0.15) is 0 Å². The van der Waals surface area contributed by atoms with E-state index < -0.39 is 11.4 Å². The number of amides is 1. The number of thiazole rings is 1. The van der Waals surface area contributed by atoms with E-state index >= 15 is 0 Å². The lowest BCUT2D eigenvalue weighted by Crippen LogP contribution is -2.48. The molecule has 0 bridgehead atoms. The zero-order valence-corrected chi connectivity index (χ0v) is 10.9. The van der Waals surface area contributed by atoms with Gasteiger partial charge < -0.3 is 15.7 Å². The summed E-state index contributed by atoms with van der Waals surface area (Å²) in [7, 11) is 0. The molecule has 0 aromatic carbocycles. The van der Waals surface area contributed by atoms with Crippen molar-refractivity contribution in [1.82, 2.24) is 9.88 Å². The summed E-state index contributed by atoms with van der Waals surface area (Å²) in [4.78, 5) is 29.3. The zero-order chi connectivity index (χ0) is 13.3. The van der Waals surface area contributed by atoms with Gasteiger partial charge in [0.2, 0.25) is 0 Å². The maximum Gasteiger partial charge on any atom is 0.311 e. The van der Waals surface area contributed by atoms with Crippen LogP contribution in [0.25, 0.3) is 0 Å². The zero-order valence-electron chi connectivity index (χ0n) is 10.0. The van der Waals surface area contributed by atoms with E-state index in [1.807, 2.05) is 0 Å². The number of rotatable bonds is 2. The topological polar surface area (TPSA) is 96.5 Å². The van der Waals surface area contributed by atoms with Crippen LogP contribution in [0.5, 0.6) is 0 Å². The lowest BCUT2D eigenvalue weighted by atomic mass is 9.82. The van der Waals surface area contributed by atoms with Crippen molar-refractivity contribution < 1.29 is 14.7 Å². The van der Waals surface area contributed by atoms with E-state index in [4.69, 9.17) is 5.73 Å². The molecule has 1 aliphatic rings. The molecular weight excluding hydrogens is 254 g/mol. The van der Waals surface area contributed by atoms with Gasteiger partial charge in [0.25, 0.3) is 5.91 Å². The second-order valence-electron chi connectivity index (χ2n) is 4.76. The number of anilines is 1. The standard InChI is InChI=1S/C11H15N3O3S/c1-11(9(16)17)3-2-4-14(6-11)8(15)7-5-13-10(12)18-7/h5H,2-4,6H2,1H3,(H2,12,13)(H,16,17)/t11-/m1/s1. The molecule has 1 fully saturated rings. The van der Waals surface area contributed by atoms with E-state index in [9.17, 15) is 14.7 Å². The number of nitrogens with two attached hydrogens (primary N) is 1. The highest BCUT2D eigenvalue weighted by atomic mass is 32.1. The van der Waals surface area contributed by atoms with Crippen molar-refractivity contribution in [3.63, 3.8) is 0 Å². The summed E-state index contributed by atoms with van der Waals surface area (Å²) < 4.78 is 0. The number of aromatic nitrogens is 1. The Labute approximate surface area is 108 Å². The molecule has 6 nitrogen and oxygen atoms in total. The van der Waals surface area contributed by atoms with Crippen LogP contribution in [-0.4, -0.2) is 40.0 Å². The first-order valence-corrected chi connectivity index (χ1v) is 6.48. The Hall–Kier alpha value is -1.63. The monoisotopic (exact) mass is 269 g/mol. The van der Waals surface area contributed by atoms with Crippen LogP contribution in [0.15, 0.2) is 6.20 Å². The number of carboxylic acids is 1. The van der Waals surface area contributed by atoms with Crippen LogP contribution < -0.4 is 5.73 Å². The number of nitrogens with zero attached hydrogens (tertiary/aromatic N) is 2. The van der Waals surface area contributed by atoms with Crippen LogP contribution in [0.4, 0.5) is 5.13 Å². The predicted molar refractivity (Wildman–Crippen MR) is 67.4 cm³/mol. The van der Waals surface area contributed by atoms with Gasteiger partial charge in [0.1, 0.15) is 4.88 Å². The minimum absolute atomic E-state index is 0.184. The first-order chi connectivity index (χ1) is 8.42. The number of hydrogen-bond donors (Lipinski definition) is 2. The third kappa shape index (κ3) is 2.31. The molecule has 3 N–H and O–H groups in total. The number of hydrogen-bond acceptors (Lipinski definition) is 5. The highest BCUT2D eigenvalue weighted by Gasteiger charge is 2.39. The Morgan fingerprint density at radius 3 is 2.89 bits per heavy atom. The Kier molecular flexibility index (Phi) is 3.25. The first kappa shape index (κ1) is 12.8. The normalized spacial score (nSPS) is 23.9. The maximum absolute atomic E-state index is 12.2. The molecule has 7 heteroatoms. The van der Waals surface area contributed by atoms with Gasteiger partial charge >= 0.3 is 5.97 Å². The second kappa shape index (κ2) is 4.56. The van der Waals surface area contributed by atoms with Crippen molar-refractivity contribution >= 4 is 28.3 Å². The smallest absolute Gasteiger partial charge is 0.311 e. The van der Waals surface area contributed by atoms with Gasteiger partial charge in [-0.05, 0) is 19.8 Å². The number of carboxylic acid groups (broad SMARTS) is 1. The highest BCUT2D eigenvalue weighted by Crippen LogP contribution is 2.31. The Bertz CT molecular complexity index is 488. The fourth-order valence-electron chi connectivity index (χ4n) is 2.13. The number of carbonyl (C=O) groups excluding carboxylic acids is 1. The van der Waals surface area contributed by atoms with Crippen molar-refractivity contribution in [2.75, 3.05) is 18.8 Å². The second-order valence-corrected chi connectivity index (χ2v) is 5.82. The van der Waals surface area contributed by atoms with Gasteiger partial charge in [-0.1, -0.05) is 11.3 Å². The fraction of sp³-hybridized carbons (Fsp3) is 0.545. The van der Waals surface area contributed by atoms with Crippen molar-refractivity contribution in [2.45, 2.75) is 19.8 Å². The summed E-state index contributed by atoms with van der Waals surface area (Å²) in [5, 5.41) is 9.55. The summed E-state index contributed by atoms with van der Waals surface area (Å²) in [6.07, 6.45) is 2.73. The molecular formula is C11H15N3O3S. The van der Waals surface area contributed by atoms with Crippen molar-refractivity contribution in [3.05, 3.63) is 11.1 Å². The molecule has 0 spiro atoms. The van der Waals surface area contributed by atoms with E-state index in [-0.39, 0.29) is 12.5 Å². The molecule has 1 amide bonds. The first-order valence-electron chi connectivity index (χ1n) is 5.66. The third-order valence-corrected chi connectivity index (χ3v) is 4.05. The number of aliphatic carboxylic acids is 1. The Balaban J connectivity index is 2.14. The van der Waals surface area contributed by atoms with Crippen LogP contribution in [-0.2, 0) is 4.79 Å². The van der Waals surface area contributed by atoms with E-state index in [1.165, 1.54) is 6.20 Å². The number of carbonyl (C=O) groups is 2. The molecule has 0 saturated carbocycles. The molecule has 2 heterocycles. The predicted octanol–water partition coefficient (Wildman–Crippen LogP) is 1.05. The lowest BCUT2D eigenvalue weighted by molar-refractivity contribution is -0.150. The van der Waals surface area contributed by atoms with Crippen molar-refractivity contribution in [2.24, 2.45) is 5.41 Å². The number of piperidine rings is 1. The van der Waals surface area contributed by atoms with Gasteiger partial charge in [-0.3, -0.25) is 9.59 Å². The molecule has 1 aromatic rings. The summed E-state index contributed by atoms with van der Waals surface area (Å²) in [6, 6.07) is 0. The van der Waals surface area contributed by atoms with Crippen LogP contribution in [0.1, 0.15) is 29.4 Å². The van der Waals surface area contributed by atoms with Crippen molar-refractivity contribution in [1.29, 1.82) is 0 Å². The molecule has 0 radical (unpaired) electrons. The van der Waals surface area contributed by atoms with Gasteiger partial charge in [0, 0.05) is 13.1 Å². The van der Waals surface area contributed by atoms with E-state index in [0.29, 0.717) is 29.4 Å². The molecule has 1 saturated heterocycles. The van der Waals surface area contributed by atoms with Gasteiger partial charge in [-0.25, -0.2) is 4.98 Å². The minimum Gasteiger partial charge on any atom is -0.481 e. The quantitative estimate of drug-likeness (QED) is 0.836. The van der Waals surface area contributed by atoms with E-state index in [0.717, 1.165) is 11.3 Å². The largest absolute Gasteiger partial charge is 0.481 e. The Morgan fingerprint density at radius 1 is 1.61 bits per heavy atom. The molecule has 18 heavy (non-hydrogen) atoms. The lowest BCUT2D eigenvalue weighted by Gasteiger charge is -2.37. The molecule has 98 valence electrons. The fourth-order valence-corrected chi connectivity index (χ4v) is 2.78. The summed E-state index contributed by atoms with van der Waals surface area (Å²) in [5.41, 5.74) is 4.63. The molecule has 0 unspecified atom stereocenters. The van der Waals surface area contributed by atoms with Crippen LogP contribution >= 0.6 is 11.3 Å².